The van der Waals surface area contributed by atoms with E-state index in [1.165, 1.54) is 7.11 Å². The fourth-order valence-corrected chi connectivity index (χ4v) is 3.59. The van der Waals surface area contributed by atoms with Gasteiger partial charge < -0.3 is 19.6 Å². The third kappa shape index (κ3) is 3.78. The van der Waals surface area contributed by atoms with Crippen LogP contribution in [0.3, 0.4) is 0 Å². The Bertz CT molecular complexity index is 878. The molecule has 0 radical (unpaired) electrons. The zero-order valence-electron chi connectivity index (χ0n) is 16.4. The summed E-state index contributed by atoms with van der Waals surface area (Å²) in [7, 11) is 5.30. The number of hydrogen-bond acceptors (Lipinski definition) is 6. The Balaban J connectivity index is 2.16. The van der Waals surface area contributed by atoms with Crippen LogP contribution >= 0.6 is 0 Å². The van der Waals surface area contributed by atoms with E-state index in [9.17, 15) is 15.2 Å². The van der Waals surface area contributed by atoms with Crippen LogP contribution in [0.15, 0.2) is 59.5 Å². The zero-order valence-corrected chi connectivity index (χ0v) is 16.4. The van der Waals surface area contributed by atoms with Gasteiger partial charge in [0.15, 0.2) is 5.78 Å². The predicted molar refractivity (Wildman–Crippen MR) is 107 cm³/mol. The lowest BCUT2D eigenvalue weighted by molar-refractivity contribution is -0.125. The molecule has 0 saturated carbocycles. The molecule has 0 saturated heterocycles. The number of ketones is 1. The summed E-state index contributed by atoms with van der Waals surface area (Å²) in [5.74, 6) is -0.00316. The molecule has 0 aromatic heterocycles. The van der Waals surface area contributed by atoms with Gasteiger partial charge in [-0.05, 0) is 36.9 Å². The minimum Gasteiger partial charge on any atom is -0.395 e. The standard InChI is InChI=1S/C22H25N3O3/c1-24(2)17(14-26)13-25-12-16-9-20(27)21(28-3)10-18(16)22(19(25)11-23)15-7-5-4-6-8-15/h4-8,10,12,17,21,26H,9,13-14H2,1-3H3. The second-order valence-corrected chi connectivity index (χ2v) is 7.19. The van der Waals surface area contributed by atoms with Gasteiger partial charge in [-0.3, -0.25) is 4.79 Å². The van der Waals surface area contributed by atoms with Crippen LogP contribution in [0.5, 0.6) is 0 Å². The Morgan fingerprint density at radius 1 is 1.36 bits per heavy atom. The molecule has 0 bridgehead atoms. The Labute approximate surface area is 165 Å². The third-order valence-electron chi connectivity index (χ3n) is 5.22. The molecule has 1 N–H and O–H groups in total. The van der Waals surface area contributed by atoms with Crippen LogP contribution in [0.2, 0.25) is 0 Å². The smallest absolute Gasteiger partial charge is 0.169 e. The maximum Gasteiger partial charge on any atom is 0.169 e. The highest BCUT2D eigenvalue weighted by Gasteiger charge is 2.34. The number of carbonyl (C=O) groups excluding carboxylic acids is 1. The van der Waals surface area contributed by atoms with Gasteiger partial charge in [0.05, 0.1) is 12.6 Å². The maximum atomic E-state index is 12.4. The van der Waals surface area contributed by atoms with Crippen LogP contribution in [0.4, 0.5) is 0 Å². The van der Waals surface area contributed by atoms with Gasteiger partial charge in [0, 0.05) is 31.8 Å². The average Bonchev–Trinajstić information content (AvgIpc) is 2.70. The van der Waals surface area contributed by atoms with Crippen molar-refractivity contribution >= 4 is 11.4 Å². The van der Waals surface area contributed by atoms with E-state index in [0.717, 1.165) is 22.3 Å². The number of nitrogens with zero attached hydrogens (tertiary/aromatic N) is 3. The number of fused-ring (bicyclic) bond motifs is 1. The van der Waals surface area contributed by atoms with E-state index in [2.05, 4.69) is 6.07 Å². The van der Waals surface area contributed by atoms with Crippen LogP contribution in [0.1, 0.15) is 12.0 Å². The molecular formula is C22H25N3O3. The SMILES string of the molecule is COC1C=C2C(=CN(CC(CO)N(C)C)C(C#N)=C2c2ccccc2)CC1=O. The second kappa shape index (κ2) is 8.53. The lowest BCUT2D eigenvalue weighted by Gasteiger charge is -2.36. The number of benzene rings is 1. The van der Waals surface area contributed by atoms with Crippen molar-refractivity contribution < 1.29 is 14.6 Å². The number of allylic oxidation sites excluding steroid dienone is 4. The number of nitriles is 1. The van der Waals surface area contributed by atoms with Crippen molar-refractivity contribution in [2.24, 2.45) is 0 Å². The molecule has 28 heavy (non-hydrogen) atoms. The maximum absolute atomic E-state index is 12.4. The Kier molecular flexibility index (Phi) is 6.10. The molecule has 6 nitrogen and oxygen atoms in total. The second-order valence-electron chi connectivity index (χ2n) is 7.19. The van der Waals surface area contributed by atoms with Crippen molar-refractivity contribution in [3.63, 3.8) is 0 Å². The molecule has 1 aliphatic carbocycles. The largest absolute Gasteiger partial charge is 0.395 e. The highest BCUT2D eigenvalue weighted by molar-refractivity contribution is 5.98. The summed E-state index contributed by atoms with van der Waals surface area (Å²) in [5, 5.41) is 19.7. The summed E-state index contributed by atoms with van der Waals surface area (Å²) >= 11 is 0. The Morgan fingerprint density at radius 2 is 2.07 bits per heavy atom. The number of carbonyl (C=O) groups is 1. The summed E-state index contributed by atoms with van der Waals surface area (Å²) in [6.07, 6.45) is 3.32. The summed E-state index contributed by atoms with van der Waals surface area (Å²) in [6, 6.07) is 11.9. The lowest BCUT2D eigenvalue weighted by atomic mass is 9.81. The van der Waals surface area contributed by atoms with E-state index in [1.807, 2.05) is 66.5 Å². The quantitative estimate of drug-likeness (QED) is 0.814. The van der Waals surface area contributed by atoms with Crippen LogP contribution in [-0.4, -0.2) is 67.2 Å². The first-order valence-corrected chi connectivity index (χ1v) is 9.22. The minimum absolute atomic E-state index is 0.00316. The van der Waals surface area contributed by atoms with Crippen LogP contribution < -0.4 is 0 Å². The number of Topliss-reactive ketones (excluding diaryl/α,β-unsaturated/α-hetero) is 1. The number of rotatable bonds is 6. The first-order valence-electron chi connectivity index (χ1n) is 9.22. The molecule has 0 amide bonds. The molecule has 1 heterocycles. The van der Waals surface area contributed by atoms with Gasteiger partial charge in [-0.25, -0.2) is 0 Å². The van der Waals surface area contributed by atoms with Crippen molar-refractivity contribution in [3.05, 3.63) is 65.0 Å². The van der Waals surface area contributed by atoms with Crippen LogP contribution in [-0.2, 0) is 9.53 Å². The minimum atomic E-state index is -0.607. The fraction of sp³-hybridized carbons (Fsp3) is 0.364. The van der Waals surface area contributed by atoms with Crippen molar-refractivity contribution in [1.29, 1.82) is 5.26 Å². The van der Waals surface area contributed by atoms with Crippen LogP contribution in [0.25, 0.3) is 5.57 Å². The molecule has 2 aliphatic rings. The number of hydrogen-bond donors (Lipinski definition) is 1. The topological polar surface area (TPSA) is 76.8 Å². The van der Waals surface area contributed by atoms with Crippen molar-refractivity contribution in [3.8, 4) is 6.07 Å². The molecule has 146 valence electrons. The average molecular weight is 379 g/mol. The first-order chi connectivity index (χ1) is 13.5. The van der Waals surface area contributed by atoms with Gasteiger partial charge in [0.25, 0.3) is 0 Å². The van der Waals surface area contributed by atoms with Gasteiger partial charge in [0.1, 0.15) is 17.9 Å². The van der Waals surface area contributed by atoms with Gasteiger partial charge in [0.2, 0.25) is 0 Å². The van der Waals surface area contributed by atoms with Crippen molar-refractivity contribution in [1.82, 2.24) is 9.80 Å². The van der Waals surface area contributed by atoms with E-state index in [4.69, 9.17) is 4.74 Å². The van der Waals surface area contributed by atoms with Gasteiger partial charge in [-0.2, -0.15) is 5.26 Å². The molecule has 1 aromatic rings. The number of likely N-dealkylation sites (N-methyl/N-ethyl adjacent to an activating group) is 1. The summed E-state index contributed by atoms with van der Waals surface area (Å²) in [4.78, 5) is 16.2. The Morgan fingerprint density at radius 3 is 2.64 bits per heavy atom. The number of aliphatic hydroxyl groups excluding tert-OH is 1. The van der Waals surface area contributed by atoms with Gasteiger partial charge >= 0.3 is 0 Å². The molecule has 2 unspecified atom stereocenters. The number of methoxy groups -OCH3 is 1. The first kappa shape index (κ1) is 20.0. The van der Waals surface area contributed by atoms with E-state index in [0.29, 0.717) is 12.2 Å². The zero-order chi connectivity index (χ0) is 20.3. The number of ether oxygens (including phenoxy) is 1. The molecule has 0 spiro atoms. The molecule has 0 fully saturated rings. The van der Waals surface area contributed by atoms with E-state index >= 15 is 0 Å². The molecular weight excluding hydrogens is 354 g/mol. The fourth-order valence-electron chi connectivity index (χ4n) is 3.59. The third-order valence-corrected chi connectivity index (χ3v) is 5.22. The van der Waals surface area contributed by atoms with E-state index < -0.39 is 6.10 Å². The van der Waals surface area contributed by atoms with Crippen molar-refractivity contribution in [2.45, 2.75) is 18.6 Å². The summed E-state index contributed by atoms with van der Waals surface area (Å²) in [6.45, 7) is 0.417. The summed E-state index contributed by atoms with van der Waals surface area (Å²) < 4.78 is 5.33. The highest BCUT2D eigenvalue weighted by atomic mass is 16.5. The van der Waals surface area contributed by atoms with E-state index in [1.54, 1.807) is 0 Å². The van der Waals surface area contributed by atoms with E-state index in [-0.39, 0.29) is 24.9 Å². The van der Waals surface area contributed by atoms with Gasteiger partial charge in [-0.15, -0.1) is 0 Å². The lowest BCUT2D eigenvalue weighted by Crippen LogP contribution is -2.42. The molecule has 2 atom stereocenters. The Hall–Kier alpha value is -2.72. The van der Waals surface area contributed by atoms with Gasteiger partial charge in [-0.1, -0.05) is 30.3 Å². The molecule has 1 aromatic carbocycles. The normalized spacial score (nSPS) is 20.5. The molecule has 3 rings (SSSR count). The predicted octanol–water partition coefficient (Wildman–Crippen LogP) is 1.96. The monoisotopic (exact) mass is 379 g/mol. The summed E-state index contributed by atoms with van der Waals surface area (Å²) in [5.41, 5.74) is 3.95. The van der Waals surface area contributed by atoms with Crippen LogP contribution in [0, 0.1) is 11.3 Å². The number of aliphatic hydroxyl groups is 1. The highest BCUT2D eigenvalue weighted by Crippen LogP contribution is 2.41. The van der Waals surface area contributed by atoms with Crippen molar-refractivity contribution in [2.75, 3.05) is 34.4 Å². The molecule has 6 heteroatoms. The molecule has 1 aliphatic heterocycles.